The Kier molecular flexibility index (Phi) is 4.07. The first-order chi connectivity index (χ1) is 11.4. The maximum absolute atomic E-state index is 11.7. The van der Waals surface area contributed by atoms with E-state index in [2.05, 4.69) is 10.3 Å². The third kappa shape index (κ3) is 2.55. The molecular weight excluding hydrogens is 306 g/mol. The number of nitrogens with one attached hydrogen (secondary N) is 1. The van der Waals surface area contributed by atoms with Crippen molar-refractivity contribution in [2.24, 2.45) is 0 Å². The van der Waals surface area contributed by atoms with E-state index in [1.165, 1.54) is 0 Å². The quantitative estimate of drug-likeness (QED) is 0.336. The van der Waals surface area contributed by atoms with Crippen molar-refractivity contribution in [1.29, 1.82) is 0 Å². The van der Waals surface area contributed by atoms with E-state index in [-0.39, 0.29) is 17.3 Å². The standard InChI is InChI=1S/C18H19N3O3/c1-10-5-6-14-13(7-10)17(19-9-24-4)15-16(20-14)11(2)8-12(3)18(15)21(22)23/h5-8H,9H2,1-4H3,(H,19,20). The highest BCUT2D eigenvalue weighted by molar-refractivity contribution is 6.12. The number of aromatic nitrogens is 1. The zero-order valence-electron chi connectivity index (χ0n) is 14.1. The second-order valence-electron chi connectivity index (χ2n) is 5.96. The lowest BCUT2D eigenvalue weighted by molar-refractivity contribution is -0.383. The maximum atomic E-state index is 11.7. The van der Waals surface area contributed by atoms with Gasteiger partial charge in [0.1, 0.15) is 12.1 Å². The van der Waals surface area contributed by atoms with Crippen LogP contribution in [-0.4, -0.2) is 23.7 Å². The van der Waals surface area contributed by atoms with E-state index >= 15 is 0 Å². The number of hydrogen-bond donors (Lipinski definition) is 1. The first-order valence-corrected chi connectivity index (χ1v) is 7.65. The van der Waals surface area contributed by atoms with E-state index in [1.54, 1.807) is 14.0 Å². The summed E-state index contributed by atoms with van der Waals surface area (Å²) in [5.74, 6) is 0. The van der Waals surface area contributed by atoms with Gasteiger partial charge in [0.15, 0.2) is 0 Å². The average Bonchev–Trinajstić information content (AvgIpc) is 2.52. The lowest BCUT2D eigenvalue weighted by Crippen LogP contribution is -2.07. The molecule has 2 aromatic carbocycles. The molecule has 0 spiro atoms. The first kappa shape index (κ1) is 16.1. The van der Waals surface area contributed by atoms with Crippen LogP contribution in [0.4, 0.5) is 11.4 Å². The molecule has 0 aliphatic heterocycles. The second kappa shape index (κ2) is 6.05. The summed E-state index contributed by atoms with van der Waals surface area (Å²) >= 11 is 0. The van der Waals surface area contributed by atoms with Crippen LogP contribution in [0.1, 0.15) is 16.7 Å². The summed E-state index contributed by atoms with van der Waals surface area (Å²) in [4.78, 5) is 16.0. The number of fused-ring (bicyclic) bond motifs is 2. The highest BCUT2D eigenvalue weighted by Gasteiger charge is 2.23. The monoisotopic (exact) mass is 325 g/mol. The van der Waals surface area contributed by atoms with Crippen LogP contribution in [0, 0.1) is 30.9 Å². The Balaban J connectivity index is 2.55. The highest BCUT2D eigenvalue weighted by Crippen LogP contribution is 2.40. The van der Waals surface area contributed by atoms with Crippen molar-refractivity contribution >= 4 is 33.2 Å². The van der Waals surface area contributed by atoms with Gasteiger partial charge in [-0.1, -0.05) is 11.6 Å². The summed E-state index contributed by atoms with van der Waals surface area (Å²) in [6.45, 7) is 5.92. The van der Waals surface area contributed by atoms with Gasteiger partial charge in [0.2, 0.25) is 0 Å². The molecule has 0 fully saturated rings. The van der Waals surface area contributed by atoms with Gasteiger partial charge in [0.25, 0.3) is 5.69 Å². The number of anilines is 1. The van der Waals surface area contributed by atoms with Crippen molar-refractivity contribution in [3.8, 4) is 0 Å². The van der Waals surface area contributed by atoms with Crippen molar-refractivity contribution in [1.82, 2.24) is 4.98 Å². The van der Waals surface area contributed by atoms with Crippen LogP contribution in [0.3, 0.4) is 0 Å². The van der Waals surface area contributed by atoms with Crippen LogP contribution in [-0.2, 0) is 4.74 Å². The highest BCUT2D eigenvalue weighted by atomic mass is 16.6. The minimum Gasteiger partial charge on any atom is -0.365 e. The number of ether oxygens (including phenoxy) is 1. The lowest BCUT2D eigenvalue weighted by atomic mass is 9.99. The van der Waals surface area contributed by atoms with Crippen molar-refractivity contribution < 1.29 is 9.66 Å². The van der Waals surface area contributed by atoms with Gasteiger partial charge in [-0.05, 0) is 44.5 Å². The smallest absolute Gasteiger partial charge is 0.283 e. The number of nitro benzene ring substituents is 1. The summed E-state index contributed by atoms with van der Waals surface area (Å²) < 4.78 is 5.13. The summed E-state index contributed by atoms with van der Waals surface area (Å²) in [6, 6.07) is 7.72. The molecule has 24 heavy (non-hydrogen) atoms. The predicted molar refractivity (Wildman–Crippen MR) is 95.6 cm³/mol. The predicted octanol–water partition coefficient (Wildman–Crippen LogP) is 4.24. The fraction of sp³-hybridized carbons (Fsp3) is 0.278. The van der Waals surface area contributed by atoms with Crippen LogP contribution in [0.15, 0.2) is 24.3 Å². The van der Waals surface area contributed by atoms with Gasteiger partial charge in [-0.15, -0.1) is 0 Å². The Morgan fingerprint density at radius 3 is 2.62 bits per heavy atom. The van der Waals surface area contributed by atoms with E-state index in [9.17, 15) is 10.1 Å². The molecule has 0 amide bonds. The molecule has 0 saturated heterocycles. The van der Waals surface area contributed by atoms with Crippen LogP contribution >= 0.6 is 0 Å². The van der Waals surface area contributed by atoms with Crippen LogP contribution in [0.25, 0.3) is 21.8 Å². The molecule has 0 saturated carbocycles. The fourth-order valence-corrected chi connectivity index (χ4v) is 3.11. The van der Waals surface area contributed by atoms with Gasteiger partial charge < -0.3 is 10.1 Å². The van der Waals surface area contributed by atoms with E-state index in [1.807, 2.05) is 38.1 Å². The molecule has 1 heterocycles. The van der Waals surface area contributed by atoms with Crippen LogP contribution in [0.2, 0.25) is 0 Å². The van der Waals surface area contributed by atoms with Crippen molar-refractivity contribution in [3.63, 3.8) is 0 Å². The maximum Gasteiger partial charge on any atom is 0.283 e. The van der Waals surface area contributed by atoms with Gasteiger partial charge in [-0.3, -0.25) is 10.1 Å². The Morgan fingerprint density at radius 1 is 1.21 bits per heavy atom. The molecule has 3 aromatic rings. The van der Waals surface area contributed by atoms with E-state index in [0.29, 0.717) is 22.2 Å². The van der Waals surface area contributed by atoms with Gasteiger partial charge in [0, 0.05) is 18.1 Å². The third-order valence-corrected chi connectivity index (χ3v) is 4.13. The molecular formula is C18H19N3O3. The van der Waals surface area contributed by atoms with Crippen LogP contribution < -0.4 is 5.32 Å². The molecule has 124 valence electrons. The molecule has 6 heteroatoms. The van der Waals surface area contributed by atoms with Gasteiger partial charge in [0.05, 0.1) is 21.6 Å². The number of nitrogens with zero attached hydrogens (tertiary/aromatic N) is 2. The summed E-state index contributed by atoms with van der Waals surface area (Å²) in [5.41, 5.74) is 4.82. The van der Waals surface area contributed by atoms with Crippen molar-refractivity contribution in [2.75, 3.05) is 19.2 Å². The van der Waals surface area contributed by atoms with Gasteiger partial charge in [-0.2, -0.15) is 0 Å². The largest absolute Gasteiger partial charge is 0.365 e. The summed E-state index contributed by atoms with van der Waals surface area (Å²) in [7, 11) is 1.58. The minimum atomic E-state index is -0.335. The molecule has 0 radical (unpaired) electrons. The van der Waals surface area contributed by atoms with E-state index < -0.39 is 0 Å². The molecule has 3 rings (SSSR count). The summed E-state index contributed by atoms with van der Waals surface area (Å²) in [5, 5.41) is 16.3. The third-order valence-electron chi connectivity index (χ3n) is 4.13. The normalized spacial score (nSPS) is 11.2. The first-order valence-electron chi connectivity index (χ1n) is 7.65. The molecule has 1 N–H and O–H groups in total. The Labute approximate surface area is 139 Å². The zero-order chi connectivity index (χ0) is 17.4. The van der Waals surface area contributed by atoms with Gasteiger partial charge >= 0.3 is 0 Å². The number of benzene rings is 2. The number of rotatable bonds is 4. The Hall–Kier alpha value is -2.73. The average molecular weight is 325 g/mol. The fourth-order valence-electron chi connectivity index (χ4n) is 3.11. The Bertz CT molecular complexity index is 967. The number of hydrogen-bond acceptors (Lipinski definition) is 5. The topological polar surface area (TPSA) is 77.3 Å². The molecule has 0 aliphatic carbocycles. The van der Waals surface area contributed by atoms with E-state index in [4.69, 9.17) is 4.74 Å². The number of nitro groups is 1. The molecule has 0 aliphatic rings. The number of methoxy groups -OCH3 is 1. The number of aryl methyl sites for hydroxylation is 3. The minimum absolute atomic E-state index is 0.0881. The van der Waals surface area contributed by atoms with Gasteiger partial charge in [-0.25, -0.2) is 4.98 Å². The second-order valence-corrected chi connectivity index (χ2v) is 5.96. The number of pyridine rings is 1. The SMILES string of the molecule is COCNc1c2cc(C)ccc2nc2c(C)cc(C)c([N+](=O)[O-])c12. The molecule has 0 bridgehead atoms. The molecule has 6 nitrogen and oxygen atoms in total. The van der Waals surface area contributed by atoms with Crippen molar-refractivity contribution in [3.05, 3.63) is 51.1 Å². The molecule has 0 atom stereocenters. The summed E-state index contributed by atoms with van der Waals surface area (Å²) in [6.07, 6.45) is 0. The molecule has 1 aromatic heterocycles. The lowest BCUT2D eigenvalue weighted by Gasteiger charge is -2.15. The molecule has 0 unspecified atom stereocenters. The van der Waals surface area contributed by atoms with E-state index in [0.717, 1.165) is 22.0 Å². The Morgan fingerprint density at radius 2 is 1.96 bits per heavy atom. The van der Waals surface area contributed by atoms with Crippen LogP contribution in [0.5, 0.6) is 0 Å². The van der Waals surface area contributed by atoms with Crippen molar-refractivity contribution in [2.45, 2.75) is 20.8 Å². The zero-order valence-corrected chi connectivity index (χ0v) is 14.1.